The average molecular weight is 342 g/mol. The second-order valence-electron chi connectivity index (χ2n) is 5.08. The Kier molecular flexibility index (Phi) is 4.22. The maximum Gasteiger partial charge on any atom is 0.407 e. The molecule has 0 aromatic carbocycles. The molecule has 0 aliphatic carbocycles. The lowest BCUT2D eigenvalue weighted by Gasteiger charge is -2.28. The lowest BCUT2D eigenvalue weighted by atomic mass is 9.95. The van der Waals surface area contributed by atoms with Gasteiger partial charge in [-0.3, -0.25) is 0 Å². The van der Waals surface area contributed by atoms with Crippen LogP contribution in [0.1, 0.15) is 24.5 Å². The molecule has 2 aromatic heterocycles. The van der Waals surface area contributed by atoms with Gasteiger partial charge in [0.2, 0.25) is 5.28 Å². The Labute approximate surface area is 136 Å². The third-order valence-electron chi connectivity index (χ3n) is 3.74. The molecule has 1 saturated heterocycles. The Morgan fingerprint density at radius 2 is 2.05 bits per heavy atom. The number of piperidine rings is 1. The van der Waals surface area contributed by atoms with Crippen molar-refractivity contribution in [3.05, 3.63) is 34.4 Å². The fourth-order valence-corrected chi connectivity index (χ4v) is 2.89. The third-order valence-corrected chi connectivity index (χ3v) is 4.20. The molecular weight excluding hydrogens is 329 g/mol. The van der Waals surface area contributed by atoms with Crippen LogP contribution in [0.5, 0.6) is 0 Å². The summed E-state index contributed by atoms with van der Waals surface area (Å²) in [5.41, 5.74) is 0.455. The first-order valence-electron chi connectivity index (χ1n) is 6.80. The molecule has 2 aromatic rings. The molecule has 0 unspecified atom stereocenters. The monoisotopic (exact) mass is 341 g/mol. The first-order valence-corrected chi connectivity index (χ1v) is 7.56. The van der Waals surface area contributed by atoms with Crippen LogP contribution in [0.4, 0.5) is 4.79 Å². The molecule has 1 amide bonds. The van der Waals surface area contributed by atoms with Gasteiger partial charge < -0.3 is 14.4 Å². The highest BCUT2D eigenvalue weighted by molar-refractivity contribution is 6.33. The van der Waals surface area contributed by atoms with Gasteiger partial charge in [-0.2, -0.15) is 0 Å². The first kappa shape index (κ1) is 15.1. The van der Waals surface area contributed by atoms with Gasteiger partial charge in [-0.25, -0.2) is 14.8 Å². The highest BCUT2D eigenvalue weighted by Crippen LogP contribution is 2.34. The van der Waals surface area contributed by atoms with E-state index in [1.807, 2.05) is 6.07 Å². The van der Waals surface area contributed by atoms with Crippen LogP contribution < -0.4 is 0 Å². The van der Waals surface area contributed by atoms with Gasteiger partial charge in [0.15, 0.2) is 5.76 Å². The molecule has 0 saturated carbocycles. The Morgan fingerprint density at radius 1 is 1.32 bits per heavy atom. The van der Waals surface area contributed by atoms with E-state index >= 15 is 0 Å². The van der Waals surface area contributed by atoms with Crippen LogP contribution in [0.25, 0.3) is 11.5 Å². The number of halogens is 2. The number of aromatic nitrogens is 2. The van der Waals surface area contributed by atoms with Gasteiger partial charge in [-0.15, -0.1) is 0 Å². The van der Waals surface area contributed by atoms with Crippen molar-refractivity contribution in [3.8, 4) is 11.5 Å². The fraction of sp³-hybridized carbons (Fsp3) is 0.357. The molecule has 22 heavy (non-hydrogen) atoms. The summed E-state index contributed by atoms with van der Waals surface area (Å²) in [4.78, 5) is 20.2. The Bertz CT molecular complexity index is 696. The molecule has 3 rings (SSSR count). The van der Waals surface area contributed by atoms with E-state index in [-0.39, 0.29) is 11.2 Å². The van der Waals surface area contributed by atoms with E-state index in [1.165, 1.54) is 11.1 Å². The summed E-state index contributed by atoms with van der Waals surface area (Å²) in [6, 6.07) is 3.67. The predicted octanol–water partition coefficient (Wildman–Crippen LogP) is 3.90. The second kappa shape index (κ2) is 6.14. The minimum absolute atomic E-state index is 0.104. The molecule has 0 radical (unpaired) electrons. The quantitative estimate of drug-likeness (QED) is 0.838. The van der Waals surface area contributed by atoms with Crippen molar-refractivity contribution in [3.63, 3.8) is 0 Å². The summed E-state index contributed by atoms with van der Waals surface area (Å²) in [6.07, 6.45) is 2.02. The summed E-state index contributed by atoms with van der Waals surface area (Å²) < 4.78 is 5.84. The topological polar surface area (TPSA) is 79.5 Å². The van der Waals surface area contributed by atoms with Crippen LogP contribution in [-0.4, -0.2) is 39.2 Å². The van der Waals surface area contributed by atoms with E-state index in [2.05, 4.69) is 9.97 Å². The zero-order valence-electron chi connectivity index (χ0n) is 11.5. The normalized spacial score (nSPS) is 16.0. The summed E-state index contributed by atoms with van der Waals surface area (Å²) >= 11 is 11.8. The van der Waals surface area contributed by atoms with Crippen molar-refractivity contribution in [2.24, 2.45) is 0 Å². The number of carboxylic acid groups (broad SMARTS) is 1. The lowest BCUT2D eigenvalue weighted by molar-refractivity contribution is 0.130. The Hall–Kier alpha value is -1.79. The van der Waals surface area contributed by atoms with Gasteiger partial charge in [0.05, 0.1) is 11.2 Å². The number of amides is 1. The highest BCUT2D eigenvalue weighted by Gasteiger charge is 2.26. The van der Waals surface area contributed by atoms with Gasteiger partial charge in [0.1, 0.15) is 11.5 Å². The van der Waals surface area contributed by atoms with Crippen molar-refractivity contribution in [1.29, 1.82) is 0 Å². The first-order chi connectivity index (χ1) is 10.5. The average Bonchev–Trinajstić information content (AvgIpc) is 2.99. The molecular formula is C14H13Cl2N3O3. The van der Waals surface area contributed by atoms with E-state index in [0.717, 1.165) is 18.6 Å². The van der Waals surface area contributed by atoms with Crippen molar-refractivity contribution in [1.82, 2.24) is 14.9 Å². The number of nitrogens with zero attached hydrogens (tertiary/aromatic N) is 3. The summed E-state index contributed by atoms with van der Waals surface area (Å²) in [5, 5.41) is 9.44. The van der Waals surface area contributed by atoms with Gasteiger partial charge in [-0.1, -0.05) is 11.6 Å². The zero-order chi connectivity index (χ0) is 15.7. The molecule has 6 nitrogen and oxygen atoms in total. The molecule has 1 fully saturated rings. The molecule has 1 aliphatic heterocycles. The Morgan fingerprint density at radius 3 is 2.73 bits per heavy atom. The van der Waals surface area contributed by atoms with Gasteiger partial charge in [0.25, 0.3) is 0 Å². The largest absolute Gasteiger partial charge is 0.465 e. The maximum absolute atomic E-state index is 10.9. The molecule has 3 heterocycles. The van der Waals surface area contributed by atoms with Gasteiger partial charge >= 0.3 is 6.09 Å². The number of carbonyl (C=O) groups is 1. The molecule has 1 N–H and O–H groups in total. The summed E-state index contributed by atoms with van der Waals surface area (Å²) in [6.45, 7) is 1.02. The van der Waals surface area contributed by atoms with Gasteiger partial charge in [0, 0.05) is 19.0 Å². The molecule has 1 aliphatic rings. The van der Waals surface area contributed by atoms with Crippen LogP contribution in [0.3, 0.4) is 0 Å². The molecule has 8 heteroatoms. The third kappa shape index (κ3) is 3.03. The number of rotatable bonds is 2. The minimum atomic E-state index is -0.874. The van der Waals surface area contributed by atoms with Crippen LogP contribution in [0.15, 0.2) is 22.7 Å². The highest BCUT2D eigenvalue weighted by atomic mass is 35.5. The standard InChI is InChI=1S/C14H13Cl2N3O3/c15-9-7-17-13(16)18-12(9)11-2-1-10(22-11)8-3-5-19(6-4-8)14(20)21/h1-2,7-8H,3-6H2,(H,20,21). The number of hydrogen-bond donors (Lipinski definition) is 1. The van der Waals surface area contributed by atoms with E-state index in [1.54, 1.807) is 6.07 Å². The molecule has 0 atom stereocenters. The lowest BCUT2D eigenvalue weighted by Crippen LogP contribution is -2.36. The molecule has 0 bridgehead atoms. The molecule has 116 valence electrons. The van der Waals surface area contributed by atoms with E-state index in [4.69, 9.17) is 32.7 Å². The van der Waals surface area contributed by atoms with E-state index in [9.17, 15) is 4.79 Å². The molecule has 0 spiro atoms. The number of furan rings is 1. The van der Waals surface area contributed by atoms with Crippen molar-refractivity contribution < 1.29 is 14.3 Å². The van der Waals surface area contributed by atoms with Crippen LogP contribution in [0.2, 0.25) is 10.3 Å². The number of hydrogen-bond acceptors (Lipinski definition) is 4. The zero-order valence-corrected chi connectivity index (χ0v) is 13.0. The second-order valence-corrected chi connectivity index (χ2v) is 5.83. The van der Waals surface area contributed by atoms with Crippen molar-refractivity contribution >= 4 is 29.3 Å². The Balaban J connectivity index is 1.77. The SMILES string of the molecule is O=C(O)N1CCC(c2ccc(-c3nc(Cl)ncc3Cl)o2)CC1. The van der Waals surface area contributed by atoms with Crippen LogP contribution >= 0.6 is 23.2 Å². The van der Waals surface area contributed by atoms with E-state index in [0.29, 0.717) is 29.6 Å². The van der Waals surface area contributed by atoms with Crippen LogP contribution in [0, 0.1) is 0 Å². The summed E-state index contributed by atoms with van der Waals surface area (Å²) in [5.74, 6) is 1.54. The van der Waals surface area contributed by atoms with Crippen LogP contribution in [-0.2, 0) is 0 Å². The maximum atomic E-state index is 10.9. The van der Waals surface area contributed by atoms with Crippen molar-refractivity contribution in [2.75, 3.05) is 13.1 Å². The van der Waals surface area contributed by atoms with Gasteiger partial charge in [-0.05, 0) is 36.6 Å². The summed E-state index contributed by atoms with van der Waals surface area (Å²) in [7, 11) is 0. The fourth-order valence-electron chi connectivity index (χ4n) is 2.57. The smallest absolute Gasteiger partial charge is 0.407 e. The number of likely N-dealkylation sites (tertiary alicyclic amines) is 1. The minimum Gasteiger partial charge on any atom is -0.465 e. The predicted molar refractivity (Wildman–Crippen MR) is 81.3 cm³/mol. The van der Waals surface area contributed by atoms with Crippen molar-refractivity contribution in [2.45, 2.75) is 18.8 Å². The van der Waals surface area contributed by atoms with E-state index < -0.39 is 6.09 Å².